The third kappa shape index (κ3) is 5.24. The Balaban J connectivity index is 1.94. The summed E-state index contributed by atoms with van der Waals surface area (Å²) in [7, 11) is 3.37. The Bertz CT molecular complexity index is 622. The summed E-state index contributed by atoms with van der Waals surface area (Å²) in [5.74, 6) is 2.11. The Morgan fingerprint density at radius 1 is 1.27 bits per heavy atom. The van der Waals surface area contributed by atoms with E-state index in [1.165, 1.54) is 0 Å². The molecule has 144 valence electrons. The van der Waals surface area contributed by atoms with Crippen LogP contribution in [0.3, 0.4) is 0 Å². The van der Waals surface area contributed by atoms with E-state index in [0.717, 1.165) is 61.7 Å². The number of methoxy groups -OCH3 is 2. The van der Waals surface area contributed by atoms with Crippen molar-refractivity contribution in [2.45, 2.75) is 33.2 Å². The van der Waals surface area contributed by atoms with E-state index in [1.807, 2.05) is 36.9 Å². The number of amides is 1. The van der Waals surface area contributed by atoms with Crippen LogP contribution in [0.15, 0.2) is 30.4 Å². The number of piperidine rings is 1. The van der Waals surface area contributed by atoms with Gasteiger partial charge < -0.3 is 14.4 Å². The molecule has 1 amide bonds. The number of hydrogen-bond acceptors (Lipinski definition) is 4. The van der Waals surface area contributed by atoms with Crippen molar-refractivity contribution < 1.29 is 14.3 Å². The molecule has 0 radical (unpaired) electrons. The van der Waals surface area contributed by atoms with Crippen LogP contribution in [0.25, 0.3) is 0 Å². The summed E-state index contributed by atoms with van der Waals surface area (Å²) < 4.78 is 10.8. The summed E-state index contributed by atoms with van der Waals surface area (Å²) in [6.45, 7) is 12.0. The van der Waals surface area contributed by atoms with Crippen LogP contribution in [-0.4, -0.2) is 56.1 Å². The van der Waals surface area contributed by atoms with Crippen LogP contribution in [-0.2, 0) is 11.3 Å². The van der Waals surface area contributed by atoms with E-state index in [4.69, 9.17) is 9.47 Å². The summed E-state index contributed by atoms with van der Waals surface area (Å²) in [5.41, 5.74) is 2.15. The van der Waals surface area contributed by atoms with Crippen LogP contribution >= 0.6 is 0 Å². The van der Waals surface area contributed by atoms with E-state index in [0.29, 0.717) is 6.54 Å². The first kappa shape index (κ1) is 20.3. The van der Waals surface area contributed by atoms with Gasteiger partial charge >= 0.3 is 0 Å². The predicted octanol–water partition coefficient (Wildman–Crippen LogP) is 3.34. The molecular formula is C21H32N2O3. The second kappa shape index (κ2) is 9.62. The summed E-state index contributed by atoms with van der Waals surface area (Å²) in [6.07, 6.45) is 1.80. The van der Waals surface area contributed by atoms with Gasteiger partial charge in [0.15, 0.2) is 0 Å². The highest BCUT2D eigenvalue weighted by Gasteiger charge is 2.28. The van der Waals surface area contributed by atoms with Crippen molar-refractivity contribution in [3.05, 3.63) is 35.9 Å². The Kier molecular flexibility index (Phi) is 7.51. The van der Waals surface area contributed by atoms with E-state index in [9.17, 15) is 4.79 Å². The lowest BCUT2D eigenvalue weighted by Crippen LogP contribution is -2.42. The lowest BCUT2D eigenvalue weighted by atomic mass is 9.94. The van der Waals surface area contributed by atoms with Crippen LogP contribution in [0.2, 0.25) is 0 Å². The van der Waals surface area contributed by atoms with Gasteiger partial charge in [-0.1, -0.05) is 12.2 Å². The van der Waals surface area contributed by atoms with Crippen LogP contribution in [0.1, 0.15) is 32.3 Å². The number of carbonyl (C=O) groups is 1. The molecule has 5 heteroatoms. The molecule has 1 aliphatic heterocycles. The molecule has 0 spiro atoms. The molecule has 0 bridgehead atoms. The molecule has 0 saturated carbocycles. The number of benzene rings is 1. The molecule has 0 aromatic heterocycles. The van der Waals surface area contributed by atoms with E-state index in [-0.39, 0.29) is 11.8 Å². The molecule has 1 aliphatic rings. The van der Waals surface area contributed by atoms with Crippen molar-refractivity contribution in [2.24, 2.45) is 5.92 Å². The van der Waals surface area contributed by atoms with E-state index in [2.05, 4.69) is 11.5 Å². The molecule has 1 aromatic rings. The molecule has 0 N–H and O–H groups in total. The maximum atomic E-state index is 12.7. The van der Waals surface area contributed by atoms with Gasteiger partial charge in [-0.3, -0.25) is 9.69 Å². The highest BCUT2D eigenvalue weighted by Crippen LogP contribution is 2.27. The number of carbonyl (C=O) groups excluding carboxylic acids is 1. The molecular weight excluding hydrogens is 328 g/mol. The molecule has 5 nitrogen and oxygen atoms in total. The summed E-state index contributed by atoms with van der Waals surface area (Å²) in [5, 5.41) is 0. The van der Waals surface area contributed by atoms with Gasteiger partial charge in [-0.15, -0.1) is 0 Å². The Morgan fingerprint density at radius 2 is 1.96 bits per heavy atom. The quantitative estimate of drug-likeness (QED) is 0.667. The summed E-state index contributed by atoms with van der Waals surface area (Å²) >= 11 is 0. The molecule has 1 aromatic carbocycles. The predicted molar refractivity (Wildman–Crippen MR) is 105 cm³/mol. The van der Waals surface area contributed by atoms with Gasteiger partial charge in [-0.2, -0.15) is 0 Å². The fourth-order valence-corrected chi connectivity index (χ4v) is 3.51. The van der Waals surface area contributed by atoms with Crippen molar-refractivity contribution >= 4 is 5.91 Å². The molecule has 1 heterocycles. The van der Waals surface area contributed by atoms with Gasteiger partial charge in [0.1, 0.15) is 11.5 Å². The minimum atomic E-state index is 0.123. The number of nitrogens with zero attached hydrogens (tertiary/aromatic N) is 2. The third-order valence-electron chi connectivity index (χ3n) is 4.97. The Hall–Kier alpha value is -2.01. The lowest BCUT2D eigenvalue weighted by molar-refractivity contribution is -0.136. The molecule has 0 aliphatic carbocycles. The normalized spacial score (nSPS) is 15.5. The zero-order valence-corrected chi connectivity index (χ0v) is 16.6. The second-order valence-corrected chi connectivity index (χ2v) is 7.04. The molecule has 26 heavy (non-hydrogen) atoms. The molecule has 1 fully saturated rings. The Labute approximate surface area is 157 Å². The van der Waals surface area contributed by atoms with E-state index < -0.39 is 0 Å². The van der Waals surface area contributed by atoms with Gasteiger partial charge in [0, 0.05) is 31.1 Å². The van der Waals surface area contributed by atoms with Crippen molar-refractivity contribution in [1.82, 2.24) is 9.80 Å². The number of ether oxygens (including phenoxy) is 2. The third-order valence-corrected chi connectivity index (χ3v) is 4.97. The van der Waals surface area contributed by atoms with Crippen LogP contribution in [0.4, 0.5) is 0 Å². The topological polar surface area (TPSA) is 42.0 Å². The number of likely N-dealkylation sites (tertiary alicyclic amines) is 1. The van der Waals surface area contributed by atoms with Gasteiger partial charge in [0.05, 0.1) is 14.2 Å². The maximum absolute atomic E-state index is 12.7. The average Bonchev–Trinajstić information content (AvgIpc) is 2.66. The minimum absolute atomic E-state index is 0.123. The van der Waals surface area contributed by atoms with Crippen molar-refractivity contribution in [2.75, 3.05) is 40.4 Å². The Morgan fingerprint density at radius 3 is 2.50 bits per heavy atom. The zero-order chi connectivity index (χ0) is 19.1. The monoisotopic (exact) mass is 360 g/mol. The van der Waals surface area contributed by atoms with Crippen LogP contribution in [0.5, 0.6) is 11.5 Å². The van der Waals surface area contributed by atoms with Crippen LogP contribution in [0, 0.1) is 5.92 Å². The largest absolute Gasteiger partial charge is 0.497 e. The first-order valence-electron chi connectivity index (χ1n) is 9.34. The molecule has 0 atom stereocenters. The van der Waals surface area contributed by atoms with E-state index in [1.54, 1.807) is 14.2 Å². The van der Waals surface area contributed by atoms with Gasteiger partial charge in [-0.05, 0) is 58.0 Å². The summed E-state index contributed by atoms with van der Waals surface area (Å²) in [6, 6.07) is 5.89. The lowest BCUT2D eigenvalue weighted by Gasteiger charge is -2.34. The molecule has 1 saturated heterocycles. The van der Waals surface area contributed by atoms with E-state index >= 15 is 0 Å². The first-order valence-corrected chi connectivity index (χ1v) is 9.34. The van der Waals surface area contributed by atoms with Crippen molar-refractivity contribution in [1.29, 1.82) is 0 Å². The summed E-state index contributed by atoms with van der Waals surface area (Å²) in [4.78, 5) is 17.1. The molecule has 2 rings (SSSR count). The SMILES string of the molecule is C=C(C)CN(CC)C(=O)C1CCN(Cc2cc(OC)ccc2OC)CC1. The smallest absolute Gasteiger partial charge is 0.226 e. The second-order valence-electron chi connectivity index (χ2n) is 7.04. The molecule has 0 unspecified atom stereocenters. The zero-order valence-electron chi connectivity index (χ0n) is 16.6. The van der Waals surface area contributed by atoms with Crippen molar-refractivity contribution in [3.8, 4) is 11.5 Å². The minimum Gasteiger partial charge on any atom is -0.497 e. The van der Waals surface area contributed by atoms with Gasteiger partial charge in [0.2, 0.25) is 5.91 Å². The van der Waals surface area contributed by atoms with Crippen LogP contribution < -0.4 is 9.47 Å². The van der Waals surface area contributed by atoms with Crippen molar-refractivity contribution in [3.63, 3.8) is 0 Å². The average molecular weight is 360 g/mol. The fourth-order valence-electron chi connectivity index (χ4n) is 3.51. The highest BCUT2D eigenvalue weighted by molar-refractivity contribution is 5.79. The number of likely N-dealkylation sites (N-methyl/N-ethyl adjacent to an activating group) is 1. The highest BCUT2D eigenvalue weighted by atomic mass is 16.5. The number of hydrogen-bond donors (Lipinski definition) is 0. The number of rotatable bonds is 8. The standard InChI is InChI=1S/C21H32N2O3/c1-6-23(14-16(2)3)21(24)17-9-11-22(12-10-17)15-18-13-19(25-4)7-8-20(18)26-5/h7-8,13,17H,2,6,9-12,14-15H2,1,3-5H3. The fraction of sp³-hybridized carbons (Fsp3) is 0.571. The van der Waals surface area contributed by atoms with Gasteiger partial charge in [-0.25, -0.2) is 0 Å². The maximum Gasteiger partial charge on any atom is 0.226 e. The first-order chi connectivity index (χ1) is 12.5. The van der Waals surface area contributed by atoms with Gasteiger partial charge in [0.25, 0.3) is 0 Å².